The van der Waals surface area contributed by atoms with Gasteiger partial charge in [-0.3, -0.25) is 14.4 Å². The van der Waals surface area contributed by atoms with Crippen LogP contribution in [-0.2, 0) is 9.59 Å². The van der Waals surface area contributed by atoms with Gasteiger partial charge in [-0.25, -0.2) is 0 Å². The van der Waals surface area contributed by atoms with Crippen molar-refractivity contribution in [1.29, 1.82) is 0 Å². The number of ether oxygens (including phenoxy) is 1. The smallest absolute Gasteiger partial charge is 0.264 e. The van der Waals surface area contributed by atoms with Gasteiger partial charge in [0.15, 0.2) is 6.61 Å². The zero-order valence-electron chi connectivity index (χ0n) is 15.6. The normalized spacial score (nSPS) is 20.5. The molecule has 0 aromatic heterocycles. The minimum Gasteiger partial charge on any atom is -0.482 e. The number of hydrogen-bond donors (Lipinski definition) is 0. The molecule has 7 nitrogen and oxygen atoms in total. The molecule has 0 unspecified atom stereocenters. The Morgan fingerprint density at radius 3 is 2.52 bits per heavy atom. The van der Waals surface area contributed by atoms with E-state index < -0.39 is 0 Å². The third-order valence-electron chi connectivity index (χ3n) is 5.84. The van der Waals surface area contributed by atoms with Gasteiger partial charge in [0, 0.05) is 44.7 Å². The zero-order chi connectivity index (χ0) is 19.0. The van der Waals surface area contributed by atoms with Crippen LogP contribution >= 0.6 is 0 Å². The molecule has 1 saturated carbocycles. The highest BCUT2D eigenvalue weighted by molar-refractivity contribution is 6.01. The third kappa shape index (κ3) is 3.38. The quantitative estimate of drug-likeness (QED) is 0.790. The first-order chi connectivity index (χ1) is 13.0. The van der Waals surface area contributed by atoms with Crippen molar-refractivity contribution in [2.75, 3.05) is 44.7 Å². The van der Waals surface area contributed by atoms with Gasteiger partial charge < -0.3 is 19.4 Å². The van der Waals surface area contributed by atoms with Gasteiger partial charge in [-0.2, -0.15) is 0 Å². The van der Waals surface area contributed by atoms with Crippen LogP contribution in [-0.4, -0.2) is 67.4 Å². The summed E-state index contributed by atoms with van der Waals surface area (Å²) in [5.41, 5.74) is 1.16. The number of hydrogen-bond acceptors (Lipinski definition) is 4. The van der Waals surface area contributed by atoms with Crippen LogP contribution in [0.3, 0.4) is 0 Å². The van der Waals surface area contributed by atoms with E-state index >= 15 is 0 Å². The van der Waals surface area contributed by atoms with Gasteiger partial charge in [0.25, 0.3) is 11.8 Å². The predicted octanol–water partition coefficient (Wildman–Crippen LogP) is 1.52. The number of anilines is 1. The van der Waals surface area contributed by atoms with E-state index in [0.29, 0.717) is 43.2 Å². The lowest BCUT2D eigenvalue weighted by Crippen LogP contribution is -2.41. The number of nitrogens with zero attached hydrogens (tertiary/aromatic N) is 3. The van der Waals surface area contributed by atoms with Gasteiger partial charge in [0.05, 0.1) is 5.69 Å². The van der Waals surface area contributed by atoms with Crippen molar-refractivity contribution in [2.24, 2.45) is 5.92 Å². The maximum Gasteiger partial charge on any atom is 0.264 e. The standard InChI is InChI=1S/C20H25N3O4/c1-21-16-12-15(6-7-17(16)27-13-18(21)24)20(26)23-9-3-8-22(10-11-23)19(25)14-4-2-5-14/h6-7,12,14H,2-5,8-11,13H2,1H3. The minimum absolute atomic E-state index is 0.0216. The molecule has 0 N–H and O–H groups in total. The predicted molar refractivity (Wildman–Crippen MR) is 99.8 cm³/mol. The molecule has 1 aliphatic carbocycles. The lowest BCUT2D eigenvalue weighted by molar-refractivity contribution is -0.138. The molecular formula is C20H25N3O4. The van der Waals surface area contributed by atoms with Crippen molar-refractivity contribution >= 4 is 23.4 Å². The van der Waals surface area contributed by atoms with Crippen LogP contribution in [0.25, 0.3) is 0 Å². The summed E-state index contributed by atoms with van der Waals surface area (Å²) in [7, 11) is 1.69. The van der Waals surface area contributed by atoms with Crippen molar-refractivity contribution in [3.63, 3.8) is 0 Å². The second kappa shape index (κ2) is 7.21. The summed E-state index contributed by atoms with van der Waals surface area (Å²) in [6.07, 6.45) is 3.94. The van der Waals surface area contributed by atoms with E-state index in [0.717, 1.165) is 25.7 Å². The van der Waals surface area contributed by atoms with Crippen molar-refractivity contribution in [1.82, 2.24) is 9.80 Å². The van der Waals surface area contributed by atoms with E-state index in [4.69, 9.17) is 4.74 Å². The maximum atomic E-state index is 13.0. The van der Waals surface area contributed by atoms with Gasteiger partial charge in [0.1, 0.15) is 5.75 Å². The number of carbonyl (C=O) groups excluding carboxylic acids is 3. The van der Waals surface area contributed by atoms with Crippen molar-refractivity contribution in [2.45, 2.75) is 25.7 Å². The van der Waals surface area contributed by atoms with Gasteiger partial charge in [-0.15, -0.1) is 0 Å². The molecule has 4 rings (SSSR count). The van der Waals surface area contributed by atoms with E-state index in [9.17, 15) is 14.4 Å². The number of rotatable bonds is 2. The highest BCUT2D eigenvalue weighted by atomic mass is 16.5. The molecule has 2 aliphatic heterocycles. The van der Waals surface area contributed by atoms with E-state index in [1.807, 2.05) is 4.90 Å². The molecule has 144 valence electrons. The fourth-order valence-electron chi connectivity index (χ4n) is 3.84. The molecule has 0 spiro atoms. The second-order valence-electron chi connectivity index (χ2n) is 7.52. The van der Waals surface area contributed by atoms with Crippen LogP contribution in [0, 0.1) is 5.92 Å². The molecular weight excluding hydrogens is 346 g/mol. The second-order valence-corrected chi connectivity index (χ2v) is 7.52. The highest BCUT2D eigenvalue weighted by Gasteiger charge is 2.31. The Morgan fingerprint density at radius 2 is 1.78 bits per heavy atom. The van der Waals surface area contributed by atoms with E-state index in [2.05, 4.69) is 0 Å². The van der Waals surface area contributed by atoms with Crippen LogP contribution in [0.15, 0.2) is 18.2 Å². The fourth-order valence-corrected chi connectivity index (χ4v) is 3.84. The first kappa shape index (κ1) is 17.8. The number of benzene rings is 1. The fraction of sp³-hybridized carbons (Fsp3) is 0.550. The largest absolute Gasteiger partial charge is 0.482 e. The lowest BCUT2D eigenvalue weighted by Gasteiger charge is -2.31. The molecule has 0 atom stereocenters. The van der Waals surface area contributed by atoms with Gasteiger partial charge in [0.2, 0.25) is 5.91 Å². The van der Waals surface area contributed by atoms with E-state index in [1.54, 1.807) is 30.1 Å². The SMILES string of the molecule is CN1C(=O)COc2ccc(C(=O)N3CCCN(C(=O)C4CCC4)CC3)cc21. The average molecular weight is 371 g/mol. The number of fused-ring (bicyclic) bond motifs is 1. The van der Waals surface area contributed by atoms with E-state index in [-0.39, 0.29) is 30.2 Å². The monoisotopic (exact) mass is 371 g/mol. The van der Waals surface area contributed by atoms with Gasteiger partial charge in [-0.1, -0.05) is 6.42 Å². The minimum atomic E-state index is -0.132. The molecule has 3 aliphatic rings. The van der Waals surface area contributed by atoms with Crippen molar-refractivity contribution in [3.05, 3.63) is 23.8 Å². The van der Waals surface area contributed by atoms with Gasteiger partial charge in [-0.05, 0) is 37.5 Å². The lowest BCUT2D eigenvalue weighted by atomic mass is 9.84. The Balaban J connectivity index is 1.45. The third-order valence-corrected chi connectivity index (χ3v) is 5.84. The summed E-state index contributed by atoms with van der Waals surface area (Å²) < 4.78 is 5.42. The summed E-state index contributed by atoms with van der Waals surface area (Å²) >= 11 is 0. The molecule has 2 fully saturated rings. The Bertz CT molecular complexity index is 774. The van der Waals surface area contributed by atoms with Crippen molar-refractivity contribution in [3.8, 4) is 5.75 Å². The number of amides is 3. The Labute approximate surface area is 158 Å². The first-order valence-corrected chi connectivity index (χ1v) is 9.66. The van der Waals surface area contributed by atoms with Gasteiger partial charge >= 0.3 is 0 Å². The Hall–Kier alpha value is -2.57. The maximum absolute atomic E-state index is 13.0. The van der Waals surface area contributed by atoms with Crippen LogP contribution in [0.5, 0.6) is 5.75 Å². The molecule has 2 heterocycles. The first-order valence-electron chi connectivity index (χ1n) is 9.66. The summed E-state index contributed by atoms with van der Waals surface area (Å²) in [6, 6.07) is 5.21. The molecule has 27 heavy (non-hydrogen) atoms. The number of likely N-dealkylation sites (N-methyl/N-ethyl adjacent to an activating group) is 1. The molecule has 1 aromatic rings. The molecule has 3 amide bonds. The Morgan fingerprint density at radius 1 is 1.04 bits per heavy atom. The molecule has 1 saturated heterocycles. The summed E-state index contributed by atoms with van der Waals surface area (Å²) in [5, 5.41) is 0. The van der Waals surface area contributed by atoms with Crippen LogP contribution in [0.2, 0.25) is 0 Å². The Kier molecular flexibility index (Phi) is 4.76. The summed E-state index contributed by atoms with van der Waals surface area (Å²) in [6.45, 7) is 2.50. The average Bonchev–Trinajstić information content (AvgIpc) is 2.89. The van der Waals surface area contributed by atoms with Crippen LogP contribution < -0.4 is 9.64 Å². The van der Waals surface area contributed by atoms with Crippen LogP contribution in [0.1, 0.15) is 36.0 Å². The van der Waals surface area contributed by atoms with E-state index in [1.165, 1.54) is 4.90 Å². The summed E-state index contributed by atoms with van der Waals surface area (Å²) in [4.78, 5) is 42.6. The van der Waals surface area contributed by atoms with Crippen LogP contribution in [0.4, 0.5) is 5.69 Å². The molecule has 0 radical (unpaired) electrons. The zero-order valence-corrected chi connectivity index (χ0v) is 15.6. The topological polar surface area (TPSA) is 70.2 Å². The number of carbonyl (C=O) groups is 3. The van der Waals surface area contributed by atoms with Crippen molar-refractivity contribution < 1.29 is 19.1 Å². The molecule has 7 heteroatoms. The highest BCUT2D eigenvalue weighted by Crippen LogP contribution is 2.32. The molecule has 0 bridgehead atoms. The summed E-state index contributed by atoms with van der Waals surface area (Å²) in [5.74, 6) is 0.860. The molecule has 1 aromatic carbocycles.